The highest BCUT2D eigenvalue weighted by molar-refractivity contribution is 5.54. The molecule has 3 unspecified atom stereocenters. The molecule has 3 rings (SSSR count). The smallest absolute Gasteiger partial charge is 0.123 e. The van der Waals surface area contributed by atoms with E-state index in [2.05, 4.69) is 18.7 Å². The molecule has 3 atom stereocenters. The summed E-state index contributed by atoms with van der Waals surface area (Å²) < 4.78 is 0. The molecule has 142 valence electrons. The van der Waals surface area contributed by atoms with E-state index in [0.717, 1.165) is 37.5 Å². The second-order valence-electron chi connectivity index (χ2n) is 9.32. The van der Waals surface area contributed by atoms with Crippen molar-refractivity contribution in [2.75, 3.05) is 0 Å². The molecule has 3 heteroatoms. The van der Waals surface area contributed by atoms with Crippen molar-refractivity contribution in [2.24, 2.45) is 23.7 Å². The number of carbonyl (C=O) groups is 2. The van der Waals surface area contributed by atoms with E-state index in [1.165, 1.54) is 57.5 Å². The largest absolute Gasteiger partial charge is 0.303 e. The Hall–Kier alpha value is -0.700. The van der Waals surface area contributed by atoms with Gasteiger partial charge < -0.3 is 9.59 Å². The summed E-state index contributed by atoms with van der Waals surface area (Å²) in [5.74, 6) is 2.24. The fraction of sp³-hybridized carbons (Fsp3) is 0.909. The fourth-order valence-corrected chi connectivity index (χ4v) is 6.00. The van der Waals surface area contributed by atoms with Gasteiger partial charge in [0.15, 0.2) is 0 Å². The lowest BCUT2D eigenvalue weighted by Crippen LogP contribution is -2.55. The van der Waals surface area contributed by atoms with Gasteiger partial charge in [-0.1, -0.05) is 13.8 Å². The Labute approximate surface area is 153 Å². The molecule has 0 amide bonds. The number of hydrogen-bond acceptors (Lipinski definition) is 3. The maximum Gasteiger partial charge on any atom is 0.123 e. The molecule has 0 radical (unpaired) electrons. The molecule has 0 aromatic carbocycles. The predicted molar refractivity (Wildman–Crippen MR) is 101 cm³/mol. The van der Waals surface area contributed by atoms with E-state index in [1.807, 2.05) is 0 Å². The van der Waals surface area contributed by atoms with Gasteiger partial charge in [-0.15, -0.1) is 0 Å². The van der Waals surface area contributed by atoms with E-state index < -0.39 is 0 Å². The van der Waals surface area contributed by atoms with Gasteiger partial charge in [0.05, 0.1) is 0 Å². The molecule has 3 aliphatic rings. The van der Waals surface area contributed by atoms with Gasteiger partial charge in [0, 0.05) is 30.0 Å². The molecule has 0 N–H and O–H groups in total. The van der Waals surface area contributed by atoms with Crippen molar-refractivity contribution in [2.45, 2.75) is 103 Å². The zero-order chi connectivity index (χ0) is 17.8. The first kappa shape index (κ1) is 19.1. The summed E-state index contributed by atoms with van der Waals surface area (Å²) in [5.41, 5.74) is 0. The molecule has 3 nitrogen and oxygen atoms in total. The zero-order valence-electron chi connectivity index (χ0n) is 16.2. The highest BCUT2D eigenvalue weighted by Crippen LogP contribution is 2.40. The lowest BCUT2D eigenvalue weighted by Gasteiger charge is -2.51. The average Bonchev–Trinajstić information content (AvgIpc) is 2.65. The van der Waals surface area contributed by atoms with Crippen LogP contribution in [0.25, 0.3) is 0 Å². The molecule has 3 fully saturated rings. The van der Waals surface area contributed by atoms with Crippen LogP contribution in [0.3, 0.4) is 0 Å². The van der Waals surface area contributed by atoms with Crippen molar-refractivity contribution < 1.29 is 9.59 Å². The van der Waals surface area contributed by atoms with Crippen LogP contribution >= 0.6 is 0 Å². The summed E-state index contributed by atoms with van der Waals surface area (Å²) in [5, 5.41) is 0. The molecular formula is C22H37NO2. The second-order valence-corrected chi connectivity index (χ2v) is 9.32. The van der Waals surface area contributed by atoms with Gasteiger partial charge in [-0.2, -0.15) is 0 Å². The lowest BCUT2D eigenvalue weighted by molar-refractivity contribution is -0.112. The van der Waals surface area contributed by atoms with E-state index in [1.54, 1.807) is 0 Å². The van der Waals surface area contributed by atoms with Crippen molar-refractivity contribution in [1.82, 2.24) is 4.90 Å². The van der Waals surface area contributed by atoms with E-state index in [-0.39, 0.29) is 0 Å². The summed E-state index contributed by atoms with van der Waals surface area (Å²) >= 11 is 0. The van der Waals surface area contributed by atoms with Crippen molar-refractivity contribution in [3.8, 4) is 0 Å². The van der Waals surface area contributed by atoms with Gasteiger partial charge in [-0.05, 0) is 82.5 Å². The van der Waals surface area contributed by atoms with Crippen LogP contribution in [0.2, 0.25) is 0 Å². The number of rotatable bonds is 5. The molecule has 0 aliphatic heterocycles. The minimum absolute atomic E-state index is 0.299. The minimum atomic E-state index is 0.299. The van der Waals surface area contributed by atoms with E-state index in [0.29, 0.717) is 30.0 Å². The van der Waals surface area contributed by atoms with Crippen LogP contribution in [-0.2, 0) is 9.59 Å². The monoisotopic (exact) mass is 347 g/mol. The molecular weight excluding hydrogens is 310 g/mol. The Kier molecular flexibility index (Phi) is 6.71. The predicted octanol–water partition coefficient (Wildman–Crippen LogP) is 4.63. The lowest BCUT2D eigenvalue weighted by atomic mass is 9.75. The molecule has 0 aromatic heterocycles. The van der Waals surface area contributed by atoms with Gasteiger partial charge in [0.2, 0.25) is 0 Å². The molecule has 3 saturated carbocycles. The fourth-order valence-electron chi connectivity index (χ4n) is 6.00. The Morgan fingerprint density at radius 3 is 1.56 bits per heavy atom. The van der Waals surface area contributed by atoms with Gasteiger partial charge >= 0.3 is 0 Å². The summed E-state index contributed by atoms with van der Waals surface area (Å²) in [7, 11) is 0. The SMILES string of the molecule is CC1CCC(N(C2CCC(C=O)CC2)C2CCC(C=O)CC2)C(C)C1. The van der Waals surface area contributed by atoms with Crippen molar-refractivity contribution >= 4 is 12.6 Å². The normalized spacial score (nSPS) is 42.9. The van der Waals surface area contributed by atoms with E-state index in [9.17, 15) is 9.59 Å². The van der Waals surface area contributed by atoms with Crippen LogP contribution in [0.5, 0.6) is 0 Å². The summed E-state index contributed by atoms with van der Waals surface area (Å²) in [6, 6.07) is 2.04. The highest BCUT2D eigenvalue weighted by Gasteiger charge is 2.40. The van der Waals surface area contributed by atoms with E-state index >= 15 is 0 Å². The minimum Gasteiger partial charge on any atom is -0.303 e. The third-order valence-electron chi connectivity index (χ3n) is 7.48. The van der Waals surface area contributed by atoms with Gasteiger partial charge in [-0.25, -0.2) is 0 Å². The highest BCUT2D eigenvalue weighted by atomic mass is 16.1. The number of carbonyl (C=O) groups excluding carboxylic acids is 2. The summed E-state index contributed by atoms with van der Waals surface area (Å²) in [6.45, 7) is 4.86. The Balaban J connectivity index is 1.72. The first-order valence-corrected chi connectivity index (χ1v) is 10.8. The van der Waals surface area contributed by atoms with Crippen molar-refractivity contribution in [3.63, 3.8) is 0 Å². The third kappa shape index (κ3) is 4.53. The third-order valence-corrected chi connectivity index (χ3v) is 7.48. The maximum atomic E-state index is 11.2. The first-order valence-electron chi connectivity index (χ1n) is 10.8. The standard InChI is InChI=1S/C22H37NO2/c1-16-3-12-22(17(2)13-16)23(20-8-4-18(14-24)5-9-20)21-10-6-19(15-25)7-11-21/h14-22H,3-13H2,1-2H3. The number of hydrogen-bond donors (Lipinski definition) is 0. The molecule has 0 heterocycles. The van der Waals surface area contributed by atoms with Crippen LogP contribution in [0.15, 0.2) is 0 Å². The van der Waals surface area contributed by atoms with Crippen LogP contribution in [-0.4, -0.2) is 35.6 Å². The van der Waals surface area contributed by atoms with Crippen molar-refractivity contribution in [1.29, 1.82) is 0 Å². The molecule has 25 heavy (non-hydrogen) atoms. The quantitative estimate of drug-likeness (QED) is 0.681. The number of aldehydes is 2. The molecule has 0 spiro atoms. The average molecular weight is 348 g/mol. The Morgan fingerprint density at radius 1 is 0.680 bits per heavy atom. The van der Waals surface area contributed by atoms with Crippen LogP contribution in [0, 0.1) is 23.7 Å². The Bertz CT molecular complexity index is 407. The van der Waals surface area contributed by atoms with Crippen LogP contribution in [0.1, 0.15) is 84.5 Å². The van der Waals surface area contributed by atoms with Gasteiger partial charge in [0.1, 0.15) is 12.6 Å². The molecule has 3 aliphatic carbocycles. The first-order chi connectivity index (χ1) is 12.1. The van der Waals surface area contributed by atoms with Gasteiger partial charge in [0.25, 0.3) is 0 Å². The van der Waals surface area contributed by atoms with Crippen molar-refractivity contribution in [3.05, 3.63) is 0 Å². The second kappa shape index (κ2) is 8.79. The van der Waals surface area contributed by atoms with Crippen LogP contribution in [0.4, 0.5) is 0 Å². The molecule has 0 saturated heterocycles. The molecule has 0 bridgehead atoms. The van der Waals surface area contributed by atoms with Crippen LogP contribution < -0.4 is 0 Å². The van der Waals surface area contributed by atoms with Gasteiger partial charge in [-0.3, -0.25) is 4.90 Å². The zero-order valence-corrected chi connectivity index (χ0v) is 16.2. The number of nitrogens with zero attached hydrogens (tertiary/aromatic N) is 1. The Morgan fingerprint density at radius 2 is 1.16 bits per heavy atom. The summed E-state index contributed by atoms with van der Waals surface area (Å²) in [6.07, 6.45) is 15.5. The van der Waals surface area contributed by atoms with E-state index in [4.69, 9.17) is 0 Å². The maximum absolute atomic E-state index is 11.2. The molecule has 0 aromatic rings. The topological polar surface area (TPSA) is 37.4 Å². The summed E-state index contributed by atoms with van der Waals surface area (Å²) in [4.78, 5) is 25.2.